The van der Waals surface area contributed by atoms with Crippen LogP contribution in [0.15, 0.2) is 48.5 Å². The van der Waals surface area contributed by atoms with Gasteiger partial charge < -0.3 is 24.8 Å². The second kappa shape index (κ2) is 7.31. The van der Waals surface area contributed by atoms with Crippen LogP contribution in [-0.2, 0) is 15.3 Å². The van der Waals surface area contributed by atoms with Crippen LogP contribution in [0, 0.1) is 5.92 Å². The third-order valence-corrected chi connectivity index (χ3v) is 5.23. The van der Waals surface area contributed by atoms with E-state index in [-0.39, 0.29) is 12.6 Å². The Morgan fingerprint density at radius 3 is 2.64 bits per heavy atom. The lowest BCUT2D eigenvalue weighted by molar-refractivity contribution is -0.165. The predicted octanol–water partition coefficient (Wildman–Crippen LogP) is 3.03. The number of carbonyl (C=O) groups is 1. The average Bonchev–Trinajstić information content (AvgIpc) is 2.69. The minimum atomic E-state index is -1.19. The van der Waals surface area contributed by atoms with Crippen molar-refractivity contribution in [1.29, 1.82) is 0 Å². The van der Waals surface area contributed by atoms with Crippen molar-refractivity contribution in [3.63, 3.8) is 0 Å². The zero-order valence-electron chi connectivity index (χ0n) is 15.7. The number of carbonyl (C=O) groups excluding carboxylic acids is 1. The SMILES string of the molecule is CCOC(=O)C1C2NC(=S)NC1(c1ccccc1)Oc1c(OCC)cccc12. The van der Waals surface area contributed by atoms with Gasteiger partial charge in [-0.15, -0.1) is 0 Å². The summed E-state index contributed by atoms with van der Waals surface area (Å²) in [6, 6.07) is 14.8. The molecule has 0 aliphatic carbocycles. The normalized spacial score (nSPS) is 24.9. The number of thiocarbonyl (C=S) groups is 1. The number of hydrogen-bond donors (Lipinski definition) is 2. The van der Waals surface area contributed by atoms with Gasteiger partial charge in [-0.3, -0.25) is 4.79 Å². The van der Waals surface area contributed by atoms with E-state index in [1.807, 2.05) is 55.5 Å². The first-order valence-corrected chi connectivity index (χ1v) is 9.77. The van der Waals surface area contributed by atoms with Gasteiger partial charge in [0.15, 0.2) is 16.6 Å². The van der Waals surface area contributed by atoms with Crippen molar-refractivity contribution in [2.75, 3.05) is 13.2 Å². The fraction of sp³-hybridized carbons (Fsp3) is 0.333. The first-order chi connectivity index (χ1) is 13.6. The summed E-state index contributed by atoms with van der Waals surface area (Å²) >= 11 is 5.46. The lowest BCUT2D eigenvalue weighted by Gasteiger charge is -2.52. The molecule has 2 aliphatic heterocycles. The maximum absolute atomic E-state index is 13.1. The van der Waals surface area contributed by atoms with Gasteiger partial charge in [0.1, 0.15) is 5.92 Å². The van der Waals surface area contributed by atoms with Crippen LogP contribution in [0.4, 0.5) is 0 Å². The Balaban J connectivity index is 1.95. The van der Waals surface area contributed by atoms with Gasteiger partial charge in [-0.05, 0) is 32.1 Å². The summed E-state index contributed by atoms with van der Waals surface area (Å²) in [5.74, 6) is 0.197. The molecule has 0 aromatic heterocycles. The number of para-hydroxylation sites is 1. The van der Waals surface area contributed by atoms with E-state index in [9.17, 15) is 4.79 Å². The predicted molar refractivity (Wildman–Crippen MR) is 108 cm³/mol. The number of hydrogen-bond acceptors (Lipinski definition) is 5. The van der Waals surface area contributed by atoms with E-state index < -0.39 is 17.7 Å². The van der Waals surface area contributed by atoms with E-state index in [1.54, 1.807) is 6.92 Å². The Morgan fingerprint density at radius 1 is 1.14 bits per heavy atom. The van der Waals surface area contributed by atoms with Crippen LogP contribution in [-0.4, -0.2) is 24.3 Å². The quantitative estimate of drug-likeness (QED) is 0.593. The third kappa shape index (κ3) is 2.86. The number of ether oxygens (including phenoxy) is 3. The summed E-state index contributed by atoms with van der Waals surface area (Å²) in [4.78, 5) is 13.1. The molecule has 3 unspecified atom stereocenters. The molecule has 1 fully saturated rings. The van der Waals surface area contributed by atoms with Crippen molar-refractivity contribution in [1.82, 2.24) is 10.6 Å². The molecule has 2 aromatic rings. The molecule has 1 saturated heterocycles. The minimum Gasteiger partial charge on any atom is -0.490 e. The number of esters is 1. The molecule has 2 heterocycles. The maximum atomic E-state index is 13.1. The highest BCUT2D eigenvalue weighted by Crippen LogP contribution is 2.52. The standard InChI is InChI=1S/C21H22N2O4S/c1-3-25-15-12-8-11-14-17-16(19(24)26-4-2)21(27-18(14)15,23-20(28)22-17)13-9-6-5-7-10-13/h5-12,16-17H,3-4H2,1-2H3,(H2,22,23,28). The van der Waals surface area contributed by atoms with E-state index in [2.05, 4.69) is 10.6 Å². The molecule has 0 radical (unpaired) electrons. The van der Waals surface area contributed by atoms with E-state index in [1.165, 1.54) is 0 Å². The molecule has 2 bridgehead atoms. The van der Waals surface area contributed by atoms with Crippen molar-refractivity contribution in [3.8, 4) is 11.5 Å². The molecule has 7 heteroatoms. The molecule has 2 aliphatic rings. The monoisotopic (exact) mass is 398 g/mol. The second-order valence-electron chi connectivity index (χ2n) is 6.62. The van der Waals surface area contributed by atoms with Crippen LogP contribution in [0.2, 0.25) is 0 Å². The molecule has 0 amide bonds. The van der Waals surface area contributed by atoms with Gasteiger partial charge in [-0.2, -0.15) is 0 Å². The van der Waals surface area contributed by atoms with Gasteiger partial charge in [0.05, 0.1) is 19.3 Å². The summed E-state index contributed by atoms with van der Waals surface area (Å²) in [5.41, 5.74) is 0.416. The molecule has 146 valence electrons. The number of benzene rings is 2. The van der Waals surface area contributed by atoms with Gasteiger partial charge in [0.2, 0.25) is 5.72 Å². The van der Waals surface area contributed by atoms with E-state index >= 15 is 0 Å². The molecule has 2 N–H and O–H groups in total. The van der Waals surface area contributed by atoms with Gasteiger partial charge >= 0.3 is 5.97 Å². The van der Waals surface area contributed by atoms with Crippen LogP contribution in [0.25, 0.3) is 0 Å². The van der Waals surface area contributed by atoms with Crippen LogP contribution in [0.5, 0.6) is 11.5 Å². The molecule has 2 aromatic carbocycles. The third-order valence-electron chi connectivity index (χ3n) is 5.01. The first-order valence-electron chi connectivity index (χ1n) is 9.36. The fourth-order valence-corrected chi connectivity index (χ4v) is 4.21. The van der Waals surface area contributed by atoms with E-state index in [0.29, 0.717) is 23.2 Å². The van der Waals surface area contributed by atoms with E-state index in [0.717, 1.165) is 11.1 Å². The second-order valence-corrected chi connectivity index (χ2v) is 7.03. The average molecular weight is 398 g/mol. The summed E-state index contributed by atoms with van der Waals surface area (Å²) in [7, 11) is 0. The summed E-state index contributed by atoms with van der Waals surface area (Å²) in [5, 5.41) is 6.88. The van der Waals surface area contributed by atoms with Crippen LogP contribution < -0.4 is 20.1 Å². The molecule has 4 rings (SSSR count). The van der Waals surface area contributed by atoms with Crippen molar-refractivity contribution in [2.24, 2.45) is 5.92 Å². The zero-order chi connectivity index (χ0) is 19.7. The Bertz CT molecular complexity index is 905. The number of fused-ring (bicyclic) bond motifs is 4. The Morgan fingerprint density at radius 2 is 1.93 bits per heavy atom. The first kappa shape index (κ1) is 18.6. The lowest BCUT2D eigenvalue weighted by Crippen LogP contribution is -2.69. The molecule has 28 heavy (non-hydrogen) atoms. The summed E-state index contributed by atoms with van der Waals surface area (Å²) in [6.45, 7) is 4.49. The van der Waals surface area contributed by atoms with Crippen molar-refractivity contribution in [2.45, 2.75) is 25.6 Å². The van der Waals surface area contributed by atoms with Crippen LogP contribution in [0.3, 0.4) is 0 Å². The summed E-state index contributed by atoms with van der Waals surface area (Å²) < 4.78 is 17.8. The highest BCUT2D eigenvalue weighted by Gasteiger charge is 2.59. The van der Waals surface area contributed by atoms with Gasteiger partial charge in [-0.25, -0.2) is 0 Å². The molecular formula is C21H22N2O4S. The molecule has 0 saturated carbocycles. The Hall–Kier alpha value is -2.80. The van der Waals surface area contributed by atoms with Crippen molar-refractivity contribution >= 4 is 23.3 Å². The smallest absolute Gasteiger partial charge is 0.317 e. The topological polar surface area (TPSA) is 68.8 Å². The van der Waals surface area contributed by atoms with Crippen molar-refractivity contribution < 1.29 is 19.0 Å². The molecule has 6 nitrogen and oxygen atoms in total. The molecular weight excluding hydrogens is 376 g/mol. The van der Waals surface area contributed by atoms with Gasteiger partial charge in [0.25, 0.3) is 0 Å². The minimum absolute atomic E-state index is 0.281. The van der Waals surface area contributed by atoms with Crippen LogP contribution in [0.1, 0.15) is 31.0 Å². The fourth-order valence-electron chi connectivity index (χ4n) is 3.94. The number of nitrogens with one attached hydrogen (secondary N) is 2. The van der Waals surface area contributed by atoms with Crippen LogP contribution >= 0.6 is 12.2 Å². The zero-order valence-corrected chi connectivity index (χ0v) is 16.5. The van der Waals surface area contributed by atoms with Crippen molar-refractivity contribution in [3.05, 3.63) is 59.7 Å². The summed E-state index contributed by atoms with van der Waals surface area (Å²) in [6.07, 6.45) is 0. The largest absolute Gasteiger partial charge is 0.490 e. The molecule has 0 spiro atoms. The Kier molecular flexibility index (Phi) is 4.85. The highest BCUT2D eigenvalue weighted by molar-refractivity contribution is 7.80. The van der Waals surface area contributed by atoms with E-state index in [4.69, 9.17) is 26.4 Å². The number of rotatable bonds is 5. The van der Waals surface area contributed by atoms with Gasteiger partial charge in [-0.1, -0.05) is 42.5 Å². The molecule has 3 atom stereocenters. The lowest BCUT2D eigenvalue weighted by atomic mass is 9.76. The van der Waals surface area contributed by atoms with Gasteiger partial charge in [0, 0.05) is 11.1 Å². The Labute approximate surface area is 169 Å². The maximum Gasteiger partial charge on any atom is 0.317 e. The highest BCUT2D eigenvalue weighted by atomic mass is 32.1.